The maximum atomic E-state index is 12.1. The summed E-state index contributed by atoms with van der Waals surface area (Å²) >= 11 is 0. The molecule has 0 fully saturated rings. The summed E-state index contributed by atoms with van der Waals surface area (Å²) in [5, 5.41) is 2.73. The second-order valence-corrected chi connectivity index (χ2v) is 4.90. The number of anilines is 2. The van der Waals surface area contributed by atoms with Gasteiger partial charge in [0.1, 0.15) is 17.8 Å². The van der Waals surface area contributed by atoms with E-state index in [0.29, 0.717) is 17.1 Å². The number of hydrogen-bond donors (Lipinski definition) is 1. The molecule has 0 saturated heterocycles. The lowest BCUT2D eigenvalue weighted by molar-refractivity contribution is -0.115. The van der Waals surface area contributed by atoms with E-state index in [2.05, 4.69) is 20.0 Å². The van der Waals surface area contributed by atoms with E-state index in [1.54, 1.807) is 31.1 Å². The smallest absolute Gasteiger partial charge is 0.387 e. The van der Waals surface area contributed by atoms with Gasteiger partial charge in [-0.15, -0.1) is 0 Å². The normalized spacial score (nSPS) is 10.5. The first-order chi connectivity index (χ1) is 11.0. The zero-order valence-corrected chi connectivity index (χ0v) is 12.7. The minimum atomic E-state index is -2.87. The zero-order valence-electron chi connectivity index (χ0n) is 12.7. The number of nitrogens with one attached hydrogen (secondary N) is 1. The van der Waals surface area contributed by atoms with Gasteiger partial charge in [0.25, 0.3) is 0 Å². The van der Waals surface area contributed by atoms with Crippen LogP contribution in [0, 0.1) is 0 Å². The fourth-order valence-electron chi connectivity index (χ4n) is 1.94. The van der Waals surface area contributed by atoms with Gasteiger partial charge in [0.05, 0.1) is 12.6 Å². The Kier molecular flexibility index (Phi) is 5.40. The molecule has 0 unspecified atom stereocenters. The third-order valence-electron chi connectivity index (χ3n) is 2.90. The van der Waals surface area contributed by atoms with Crippen LogP contribution in [0.25, 0.3) is 0 Å². The summed E-state index contributed by atoms with van der Waals surface area (Å²) in [7, 11) is 3.61. The van der Waals surface area contributed by atoms with Crippen molar-refractivity contribution < 1.29 is 18.3 Å². The molecule has 0 aliphatic rings. The maximum Gasteiger partial charge on any atom is 0.387 e. The highest BCUT2D eigenvalue weighted by molar-refractivity contribution is 5.94. The lowest BCUT2D eigenvalue weighted by Crippen LogP contribution is -2.19. The SMILES string of the molecule is CN(C)c1ncncc1NC(=O)Cc1ccc(OC(F)F)cc1. The van der Waals surface area contributed by atoms with E-state index in [1.165, 1.54) is 24.7 Å². The zero-order chi connectivity index (χ0) is 16.8. The Hall–Kier alpha value is -2.77. The number of amides is 1. The topological polar surface area (TPSA) is 67.4 Å². The van der Waals surface area contributed by atoms with Crippen LogP contribution in [0.5, 0.6) is 5.75 Å². The van der Waals surface area contributed by atoms with Crippen molar-refractivity contribution in [1.29, 1.82) is 0 Å². The highest BCUT2D eigenvalue weighted by Crippen LogP contribution is 2.20. The molecule has 2 aromatic rings. The number of benzene rings is 1. The summed E-state index contributed by atoms with van der Waals surface area (Å²) in [6.07, 6.45) is 3.00. The van der Waals surface area contributed by atoms with Gasteiger partial charge < -0.3 is 15.0 Å². The lowest BCUT2D eigenvalue weighted by Gasteiger charge is -2.15. The Balaban J connectivity index is 2.00. The van der Waals surface area contributed by atoms with E-state index in [-0.39, 0.29) is 18.1 Å². The van der Waals surface area contributed by atoms with Crippen LogP contribution in [-0.2, 0) is 11.2 Å². The van der Waals surface area contributed by atoms with Crippen molar-refractivity contribution in [2.24, 2.45) is 0 Å². The van der Waals surface area contributed by atoms with Gasteiger partial charge in [0.15, 0.2) is 5.82 Å². The highest BCUT2D eigenvalue weighted by atomic mass is 19.3. The molecule has 0 spiro atoms. The average Bonchev–Trinajstić information content (AvgIpc) is 2.49. The molecule has 1 N–H and O–H groups in total. The number of alkyl halides is 2. The van der Waals surface area contributed by atoms with Gasteiger partial charge in [-0.05, 0) is 17.7 Å². The van der Waals surface area contributed by atoms with Crippen molar-refractivity contribution >= 4 is 17.4 Å². The molecule has 6 nitrogen and oxygen atoms in total. The number of aromatic nitrogens is 2. The van der Waals surface area contributed by atoms with Crippen LogP contribution >= 0.6 is 0 Å². The molecule has 1 heterocycles. The summed E-state index contributed by atoms with van der Waals surface area (Å²) in [5.74, 6) is 0.384. The van der Waals surface area contributed by atoms with Gasteiger partial charge in [-0.3, -0.25) is 4.79 Å². The first-order valence-corrected chi connectivity index (χ1v) is 6.76. The monoisotopic (exact) mass is 322 g/mol. The summed E-state index contributed by atoms with van der Waals surface area (Å²) in [6, 6.07) is 5.91. The van der Waals surface area contributed by atoms with Gasteiger partial charge in [-0.1, -0.05) is 12.1 Å². The van der Waals surface area contributed by atoms with Crippen LogP contribution in [0.15, 0.2) is 36.8 Å². The van der Waals surface area contributed by atoms with Crippen molar-refractivity contribution in [3.63, 3.8) is 0 Å². The van der Waals surface area contributed by atoms with Crippen LogP contribution in [-0.4, -0.2) is 36.6 Å². The molecular formula is C15H16F2N4O2. The molecule has 0 saturated carbocycles. The number of carbonyl (C=O) groups is 1. The Morgan fingerprint density at radius 3 is 2.61 bits per heavy atom. The van der Waals surface area contributed by atoms with Gasteiger partial charge in [-0.2, -0.15) is 8.78 Å². The molecule has 0 aliphatic carbocycles. The van der Waals surface area contributed by atoms with E-state index in [4.69, 9.17) is 0 Å². The Morgan fingerprint density at radius 1 is 1.30 bits per heavy atom. The van der Waals surface area contributed by atoms with Gasteiger partial charge in [0.2, 0.25) is 5.91 Å². The summed E-state index contributed by atoms with van der Waals surface area (Å²) in [5.41, 5.74) is 1.17. The number of hydrogen-bond acceptors (Lipinski definition) is 5. The largest absolute Gasteiger partial charge is 0.435 e. The van der Waals surface area contributed by atoms with E-state index >= 15 is 0 Å². The lowest BCUT2D eigenvalue weighted by atomic mass is 10.1. The van der Waals surface area contributed by atoms with Gasteiger partial charge in [0, 0.05) is 14.1 Å². The molecule has 122 valence electrons. The molecule has 23 heavy (non-hydrogen) atoms. The van der Waals surface area contributed by atoms with Crippen LogP contribution in [0.1, 0.15) is 5.56 Å². The van der Waals surface area contributed by atoms with E-state index in [0.717, 1.165) is 0 Å². The van der Waals surface area contributed by atoms with Crippen molar-refractivity contribution in [2.45, 2.75) is 13.0 Å². The predicted octanol–water partition coefficient (Wildman–Crippen LogP) is 2.33. The number of nitrogens with zero attached hydrogens (tertiary/aromatic N) is 3. The van der Waals surface area contributed by atoms with Crippen LogP contribution in [0.4, 0.5) is 20.3 Å². The number of rotatable bonds is 6. The maximum absolute atomic E-state index is 12.1. The van der Waals surface area contributed by atoms with E-state index in [1.807, 2.05) is 0 Å². The standard InChI is InChI=1S/C15H16F2N4O2/c1-21(2)14-12(8-18-9-19-14)20-13(22)7-10-3-5-11(6-4-10)23-15(16)17/h3-6,8-9,15H,7H2,1-2H3,(H,20,22). The summed E-state index contributed by atoms with van der Waals surface area (Å²) < 4.78 is 28.4. The fourth-order valence-corrected chi connectivity index (χ4v) is 1.94. The van der Waals surface area contributed by atoms with Crippen molar-refractivity contribution in [3.05, 3.63) is 42.4 Å². The van der Waals surface area contributed by atoms with Gasteiger partial charge >= 0.3 is 6.61 Å². The highest BCUT2D eigenvalue weighted by Gasteiger charge is 2.11. The van der Waals surface area contributed by atoms with E-state index in [9.17, 15) is 13.6 Å². The molecule has 2 rings (SSSR count). The first kappa shape index (κ1) is 16.6. The molecule has 1 aromatic carbocycles. The second kappa shape index (κ2) is 7.48. The Morgan fingerprint density at radius 2 is 2.00 bits per heavy atom. The Bertz CT molecular complexity index is 663. The van der Waals surface area contributed by atoms with Crippen molar-refractivity contribution in [1.82, 2.24) is 9.97 Å². The molecule has 1 amide bonds. The predicted molar refractivity (Wildman–Crippen MR) is 81.8 cm³/mol. The van der Waals surface area contributed by atoms with Crippen molar-refractivity contribution in [2.75, 3.05) is 24.3 Å². The third kappa shape index (κ3) is 4.87. The Labute approximate surface area is 132 Å². The fraction of sp³-hybridized carbons (Fsp3) is 0.267. The molecule has 0 aliphatic heterocycles. The number of halogens is 2. The molecule has 8 heteroatoms. The second-order valence-electron chi connectivity index (χ2n) is 4.90. The summed E-state index contributed by atoms with van der Waals surface area (Å²) in [6.45, 7) is -2.87. The minimum absolute atomic E-state index is 0.0514. The summed E-state index contributed by atoms with van der Waals surface area (Å²) in [4.78, 5) is 21.8. The molecule has 0 atom stereocenters. The van der Waals surface area contributed by atoms with Crippen molar-refractivity contribution in [3.8, 4) is 5.75 Å². The quantitative estimate of drug-likeness (QED) is 0.884. The van der Waals surface area contributed by atoms with Crippen LogP contribution in [0.3, 0.4) is 0 Å². The molecule has 0 bridgehead atoms. The molecule has 0 radical (unpaired) electrons. The van der Waals surface area contributed by atoms with Crippen LogP contribution in [0.2, 0.25) is 0 Å². The van der Waals surface area contributed by atoms with Crippen LogP contribution < -0.4 is 15.0 Å². The number of carbonyl (C=O) groups excluding carboxylic acids is 1. The minimum Gasteiger partial charge on any atom is -0.435 e. The number of ether oxygens (including phenoxy) is 1. The molecule has 1 aromatic heterocycles. The molecular weight excluding hydrogens is 306 g/mol. The average molecular weight is 322 g/mol. The first-order valence-electron chi connectivity index (χ1n) is 6.76. The third-order valence-corrected chi connectivity index (χ3v) is 2.90. The van der Waals surface area contributed by atoms with Gasteiger partial charge in [-0.25, -0.2) is 9.97 Å². The van der Waals surface area contributed by atoms with E-state index < -0.39 is 6.61 Å².